The topological polar surface area (TPSA) is 69.6 Å². The van der Waals surface area contributed by atoms with Gasteiger partial charge in [-0.1, -0.05) is 42.5 Å². The van der Waals surface area contributed by atoms with Gasteiger partial charge in [-0.15, -0.1) is 0 Å². The van der Waals surface area contributed by atoms with E-state index in [-0.39, 0.29) is 17.5 Å². The van der Waals surface area contributed by atoms with Gasteiger partial charge in [0.05, 0.1) is 11.6 Å². The summed E-state index contributed by atoms with van der Waals surface area (Å²) in [6.07, 6.45) is 1.90. The summed E-state index contributed by atoms with van der Waals surface area (Å²) in [5, 5.41) is 11.9. The molecule has 0 aliphatic carbocycles. The largest absolute Gasteiger partial charge is 0.478 e. The Hall–Kier alpha value is -2.66. The van der Waals surface area contributed by atoms with Crippen molar-refractivity contribution in [1.82, 2.24) is 10.2 Å². The van der Waals surface area contributed by atoms with Crippen LogP contribution in [0.1, 0.15) is 34.3 Å². The van der Waals surface area contributed by atoms with Crippen LogP contribution in [-0.4, -0.2) is 34.5 Å². The first-order chi connectivity index (χ1) is 12.1. The number of carboxylic acid groups (broad SMARTS) is 1. The molecule has 0 bridgehead atoms. The van der Waals surface area contributed by atoms with Gasteiger partial charge >= 0.3 is 5.97 Å². The van der Waals surface area contributed by atoms with E-state index in [1.807, 2.05) is 18.2 Å². The second kappa shape index (κ2) is 7.94. The Balaban J connectivity index is 1.55. The predicted octanol–water partition coefficient (Wildman–Crippen LogP) is 2.67. The molecule has 25 heavy (non-hydrogen) atoms. The van der Waals surface area contributed by atoms with Crippen LogP contribution in [0.25, 0.3) is 0 Å². The summed E-state index contributed by atoms with van der Waals surface area (Å²) < 4.78 is 0. The van der Waals surface area contributed by atoms with Crippen LogP contribution >= 0.6 is 0 Å². The van der Waals surface area contributed by atoms with Crippen LogP contribution in [0.5, 0.6) is 0 Å². The summed E-state index contributed by atoms with van der Waals surface area (Å²) in [5.41, 5.74) is 2.36. The third-order valence-corrected chi connectivity index (χ3v) is 4.56. The Morgan fingerprint density at radius 2 is 1.76 bits per heavy atom. The van der Waals surface area contributed by atoms with Crippen molar-refractivity contribution in [3.63, 3.8) is 0 Å². The van der Waals surface area contributed by atoms with E-state index < -0.39 is 5.97 Å². The number of carbonyl (C=O) groups excluding carboxylic acids is 1. The van der Waals surface area contributed by atoms with Crippen LogP contribution in [0.4, 0.5) is 0 Å². The van der Waals surface area contributed by atoms with E-state index in [1.54, 1.807) is 24.3 Å². The molecule has 130 valence electrons. The Morgan fingerprint density at radius 3 is 2.44 bits per heavy atom. The van der Waals surface area contributed by atoms with Crippen molar-refractivity contribution in [2.75, 3.05) is 6.54 Å². The number of likely N-dealkylation sites (tertiary alicyclic amines) is 1. The summed E-state index contributed by atoms with van der Waals surface area (Å²) in [7, 11) is 0. The zero-order valence-electron chi connectivity index (χ0n) is 14.0. The molecule has 1 heterocycles. The van der Waals surface area contributed by atoms with Gasteiger partial charge in [-0.05, 0) is 42.6 Å². The third kappa shape index (κ3) is 4.45. The summed E-state index contributed by atoms with van der Waals surface area (Å²) >= 11 is 0. The molecule has 2 aromatic rings. The van der Waals surface area contributed by atoms with Gasteiger partial charge in [0, 0.05) is 13.1 Å². The average molecular weight is 338 g/mol. The lowest BCUT2D eigenvalue weighted by Crippen LogP contribution is -2.42. The van der Waals surface area contributed by atoms with Crippen molar-refractivity contribution in [2.24, 2.45) is 0 Å². The normalized spacial score (nSPS) is 17.4. The molecule has 0 spiro atoms. The lowest BCUT2D eigenvalue weighted by Gasteiger charge is -2.23. The molecule has 0 saturated carbocycles. The number of rotatable bonds is 6. The van der Waals surface area contributed by atoms with Crippen LogP contribution in [-0.2, 0) is 17.9 Å². The van der Waals surface area contributed by atoms with Crippen molar-refractivity contribution in [3.05, 3.63) is 71.3 Å². The first-order valence-electron chi connectivity index (χ1n) is 8.51. The minimum absolute atomic E-state index is 0.0377. The van der Waals surface area contributed by atoms with Crippen molar-refractivity contribution in [3.8, 4) is 0 Å². The van der Waals surface area contributed by atoms with Crippen LogP contribution in [0.2, 0.25) is 0 Å². The zero-order chi connectivity index (χ0) is 17.6. The van der Waals surface area contributed by atoms with E-state index in [0.29, 0.717) is 6.54 Å². The highest BCUT2D eigenvalue weighted by Crippen LogP contribution is 2.20. The summed E-state index contributed by atoms with van der Waals surface area (Å²) in [6, 6.07) is 16.7. The molecule has 3 rings (SSSR count). The van der Waals surface area contributed by atoms with Crippen LogP contribution < -0.4 is 5.32 Å². The monoisotopic (exact) mass is 338 g/mol. The predicted molar refractivity (Wildman–Crippen MR) is 95.1 cm³/mol. The molecule has 1 atom stereocenters. The van der Waals surface area contributed by atoms with Gasteiger partial charge in [0.25, 0.3) is 0 Å². The number of benzene rings is 2. The minimum Gasteiger partial charge on any atom is -0.478 e. The number of hydrogen-bond acceptors (Lipinski definition) is 3. The van der Waals surface area contributed by atoms with Crippen molar-refractivity contribution in [2.45, 2.75) is 32.0 Å². The van der Waals surface area contributed by atoms with Crippen LogP contribution in [0.3, 0.4) is 0 Å². The maximum absolute atomic E-state index is 12.5. The maximum Gasteiger partial charge on any atom is 0.335 e. The van der Waals surface area contributed by atoms with E-state index in [1.165, 1.54) is 5.56 Å². The van der Waals surface area contributed by atoms with Gasteiger partial charge in [-0.25, -0.2) is 4.79 Å². The van der Waals surface area contributed by atoms with Crippen LogP contribution in [0.15, 0.2) is 54.6 Å². The highest BCUT2D eigenvalue weighted by molar-refractivity contribution is 5.87. The van der Waals surface area contributed by atoms with Gasteiger partial charge in [-0.2, -0.15) is 0 Å². The SMILES string of the molecule is O=C(O)c1ccc(CNC(=O)C2CCCN2Cc2ccccc2)cc1. The van der Waals surface area contributed by atoms with Crippen molar-refractivity contribution >= 4 is 11.9 Å². The third-order valence-electron chi connectivity index (χ3n) is 4.56. The Bertz CT molecular complexity index is 728. The summed E-state index contributed by atoms with van der Waals surface area (Å²) in [6.45, 7) is 2.13. The fourth-order valence-electron chi connectivity index (χ4n) is 3.20. The van der Waals surface area contributed by atoms with Gasteiger partial charge in [0.1, 0.15) is 0 Å². The van der Waals surface area contributed by atoms with E-state index >= 15 is 0 Å². The van der Waals surface area contributed by atoms with E-state index in [2.05, 4.69) is 22.3 Å². The molecular formula is C20H22N2O3. The lowest BCUT2D eigenvalue weighted by molar-refractivity contribution is -0.125. The molecule has 1 saturated heterocycles. The highest BCUT2D eigenvalue weighted by atomic mass is 16.4. The fraction of sp³-hybridized carbons (Fsp3) is 0.300. The first-order valence-corrected chi connectivity index (χ1v) is 8.51. The number of carboxylic acids is 1. The summed E-state index contributed by atoms with van der Waals surface area (Å²) in [5.74, 6) is -0.908. The molecule has 0 radical (unpaired) electrons. The molecule has 2 aromatic carbocycles. The van der Waals surface area contributed by atoms with Gasteiger partial charge in [0.2, 0.25) is 5.91 Å². The van der Waals surface area contributed by atoms with Gasteiger partial charge in [0.15, 0.2) is 0 Å². The maximum atomic E-state index is 12.5. The molecule has 1 aliphatic rings. The number of nitrogens with one attached hydrogen (secondary N) is 1. The van der Waals surface area contributed by atoms with Gasteiger partial charge in [-0.3, -0.25) is 9.69 Å². The molecule has 2 N–H and O–H groups in total. The molecule has 1 fully saturated rings. The Labute approximate surface area is 147 Å². The highest BCUT2D eigenvalue weighted by Gasteiger charge is 2.30. The second-order valence-corrected chi connectivity index (χ2v) is 6.33. The smallest absolute Gasteiger partial charge is 0.335 e. The van der Waals surface area contributed by atoms with E-state index in [9.17, 15) is 9.59 Å². The average Bonchev–Trinajstić information content (AvgIpc) is 3.09. The fourth-order valence-corrected chi connectivity index (χ4v) is 3.20. The Morgan fingerprint density at radius 1 is 1.04 bits per heavy atom. The van der Waals surface area contributed by atoms with E-state index in [4.69, 9.17) is 5.11 Å². The molecule has 0 aromatic heterocycles. The number of hydrogen-bond donors (Lipinski definition) is 2. The lowest BCUT2D eigenvalue weighted by atomic mass is 10.1. The van der Waals surface area contributed by atoms with Gasteiger partial charge < -0.3 is 10.4 Å². The standard InChI is InChI=1S/C20H22N2O3/c23-19(21-13-15-8-10-17(11-9-15)20(24)25)18-7-4-12-22(18)14-16-5-2-1-3-6-16/h1-3,5-6,8-11,18H,4,7,12-14H2,(H,21,23)(H,24,25). The van der Waals surface area contributed by atoms with Crippen molar-refractivity contribution < 1.29 is 14.7 Å². The molecular weight excluding hydrogens is 316 g/mol. The molecule has 1 aliphatic heterocycles. The second-order valence-electron chi connectivity index (χ2n) is 6.33. The van der Waals surface area contributed by atoms with E-state index in [0.717, 1.165) is 31.5 Å². The number of carbonyl (C=O) groups is 2. The van der Waals surface area contributed by atoms with Crippen molar-refractivity contribution in [1.29, 1.82) is 0 Å². The Kier molecular flexibility index (Phi) is 5.46. The number of amides is 1. The molecule has 1 amide bonds. The number of nitrogens with zero attached hydrogens (tertiary/aromatic N) is 1. The zero-order valence-corrected chi connectivity index (χ0v) is 14.0. The molecule has 5 heteroatoms. The number of aromatic carboxylic acids is 1. The molecule has 5 nitrogen and oxygen atoms in total. The van der Waals surface area contributed by atoms with Crippen LogP contribution in [0, 0.1) is 0 Å². The first kappa shape index (κ1) is 17.2. The quantitative estimate of drug-likeness (QED) is 0.850. The molecule has 1 unspecified atom stereocenters. The minimum atomic E-state index is -0.946. The summed E-state index contributed by atoms with van der Waals surface area (Å²) in [4.78, 5) is 25.6.